The van der Waals surface area contributed by atoms with E-state index in [0.717, 1.165) is 0 Å². The highest BCUT2D eigenvalue weighted by Crippen LogP contribution is 2.29. The third kappa shape index (κ3) is 2.58. The fraction of sp³-hybridized carbons (Fsp3) is 0.556. The maximum Gasteiger partial charge on any atom is 0.351 e. The van der Waals surface area contributed by atoms with Gasteiger partial charge in [0.1, 0.15) is 18.1 Å². The number of hydrogen-bond donors (Lipinski definition) is 2. The average Bonchev–Trinajstić information content (AvgIpc) is 2.72. The molecule has 2 rings (SSSR count). The summed E-state index contributed by atoms with van der Waals surface area (Å²) in [6.45, 7) is 0. The maximum absolute atomic E-state index is 12.6. The lowest BCUT2D eigenvalue weighted by molar-refractivity contribution is -0.110. The molecule has 1 fully saturated rings. The molecule has 6 nitrogen and oxygen atoms in total. The van der Waals surface area contributed by atoms with Crippen LogP contribution in [0.25, 0.3) is 0 Å². The summed E-state index contributed by atoms with van der Waals surface area (Å²) < 4.78 is 19.8. The van der Waals surface area contributed by atoms with E-state index in [1.54, 1.807) is 0 Å². The van der Waals surface area contributed by atoms with Gasteiger partial charge in [-0.15, -0.1) is 0 Å². The van der Waals surface area contributed by atoms with Gasteiger partial charge in [0.25, 0.3) is 0 Å². The van der Waals surface area contributed by atoms with Gasteiger partial charge in [-0.05, 0) is 35.4 Å². The second kappa shape index (κ2) is 4.86. The van der Waals surface area contributed by atoms with E-state index in [2.05, 4.69) is 4.98 Å². The van der Waals surface area contributed by atoms with Gasteiger partial charge in [0.2, 0.25) is 6.36 Å². The van der Waals surface area contributed by atoms with Crippen LogP contribution in [-0.2, 0) is 4.74 Å². The first-order chi connectivity index (χ1) is 7.99. The van der Waals surface area contributed by atoms with Crippen LogP contribution in [0.5, 0.6) is 0 Å². The molecule has 0 saturated carbocycles. The first kappa shape index (κ1) is 12.7. The van der Waals surface area contributed by atoms with Crippen LogP contribution in [0.2, 0.25) is 0 Å². The predicted molar refractivity (Wildman–Crippen MR) is 65.9 cm³/mol. The van der Waals surface area contributed by atoms with Gasteiger partial charge in [-0.25, -0.2) is 9.18 Å². The fourth-order valence-corrected chi connectivity index (χ4v) is 2.14. The summed E-state index contributed by atoms with van der Waals surface area (Å²) in [5.74, 6) is 0.159. The quantitative estimate of drug-likeness (QED) is 0.750. The minimum atomic E-state index is -2.03. The van der Waals surface area contributed by atoms with E-state index >= 15 is 0 Å². The van der Waals surface area contributed by atoms with E-state index in [0.29, 0.717) is 16.4 Å². The molecular formula is C9H11FIN3O3. The molecular weight excluding hydrogens is 344 g/mol. The lowest BCUT2D eigenvalue weighted by Crippen LogP contribution is -2.29. The van der Waals surface area contributed by atoms with E-state index in [-0.39, 0.29) is 5.82 Å². The van der Waals surface area contributed by atoms with Gasteiger partial charge in [0.05, 0.1) is 3.57 Å². The molecule has 8 heteroatoms. The largest absolute Gasteiger partial charge is 0.383 e. The number of anilines is 1. The van der Waals surface area contributed by atoms with Crippen molar-refractivity contribution in [2.24, 2.45) is 0 Å². The molecule has 0 aliphatic carbocycles. The van der Waals surface area contributed by atoms with Crippen LogP contribution >= 0.6 is 22.6 Å². The first-order valence-corrected chi connectivity index (χ1v) is 6.08. The zero-order chi connectivity index (χ0) is 12.6. The Morgan fingerprint density at radius 3 is 3.00 bits per heavy atom. The lowest BCUT2D eigenvalue weighted by atomic mass is 10.2. The molecule has 0 spiro atoms. The molecule has 2 heterocycles. The molecule has 1 aromatic heterocycles. The number of hydrogen-bond acceptors (Lipinski definition) is 5. The Balaban J connectivity index is 2.25. The number of nitrogens with two attached hydrogens (primary N) is 1. The number of aromatic nitrogens is 2. The topological polar surface area (TPSA) is 90.4 Å². The summed E-state index contributed by atoms with van der Waals surface area (Å²) in [4.78, 5) is 15.2. The Morgan fingerprint density at radius 1 is 1.71 bits per heavy atom. The van der Waals surface area contributed by atoms with Crippen LogP contribution in [0, 0.1) is 3.57 Å². The number of halogens is 2. The minimum absolute atomic E-state index is 0.159. The van der Waals surface area contributed by atoms with Gasteiger partial charge < -0.3 is 15.6 Å². The summed E-state index contributed by atoms with van der Waals surface area (Å²) in [5.41, 5.74) is 4.95. The highest BCUT2D eigenvalue weighted by atomic mass is 127. The summed E-state index contributed by atoms with van der Waals surface area (Å²) in [7, 11) is 0. The van der Waals surface area contributed by atoms with Crippen LogP contribution in [0.3, 0.4) is 0 Å². The third-order valence-corrected chi connectivity index (χ3v) is 3.41. The molecule has 1 unspecified atom stereocenters. The van der Waals surface area contributed by atoms with Crippen molar-refractivity contribution in [2.45, 2.75) is 31.5 Å². The molecule has 3 atom stereocenters. The molecule has 1 aromatic rings. The summed E-state index contributed by atoms with van der Waals surface area (Å²) in [6.07, 6.45) is -1.19. The van der Waals surface area contributed by atoms with Crippen molar-refractivity contribution in [3.8, 4) is 0 Å². The number of ether oxygens (including phenoxy) is 1. The molecule has 17 heavy (non-hydrogen) atoms. The smallest absolute Gasteiger partial charge is 0.351 e. The van der Waals surface area contributed by atoms with Crippen molar-refractivity contribution in [1.82, 2.24) is 9.55 Å². The van der Waals surface area contributed by atoms with Crippen molar-refractivity contribution >= 4 is 28.4 Å². The summed E-state index contributed by atoms with van der Waals surface area (Å²) in [5, 5.41) is 8.77. The predicted octanol–water partition coefficient (Wildman–Crippen LogP) is 0.396. The molecule has 1 saturated heterocycles. The zero-order valence-electron chi connectivity index (χ0n) is 8.72. The molecule has 94 valence electrons. The molecule has 3 N–H and O–H groups in total. The standard InChI is InChI=1S/C9H11FIN3O3/c10-7(15)5-1-2-6(17-5)14-3-4(11)8(12)13-9(14)16/h3,5-7,15H,1-2H2,(H2,12,13,16)/t5-,6+,7?/m0/s1. The zero-order valence-corrected chi connectivity index (χ0v) is 10.9. The van der Waals surface area contributed by atoms with Gasteiger partial charge in [0.15, 0.2) is 0 Å². The average molecular weight is 355 g/mol. The Bertz CT molecular complexity index is 479. The Hall–Kier alpha value is -0.740. The van der Waals surface area contributed by atoms with Crippen LogP contribution in [0.4, 0.5) is 10.2 Å². The first-order valence-electron chi connectivity index (χ1n) is 5.01. The van der Waals surface area contributed by atoms with Crippen LogP contribution in [-0.4, -0.2) is 27.1 Å². The number of nitrogen functional groups attached to an aromatic ring is 1. The van der Waals surface area contributed by atoms with Crippen molar-refractivity contribution in [3.63, 3.8) is 0 Å². The van der Waals surface area contributed by atoms with E-state index in [1.165, 1.54) is 10.8 Å². The van der Waals surface area contributed by atoms with E-state index in [9.17, 15) is 9.18 Å². The number of alkyl halides is 1. The molecule has 0 amide bonds. The highest BCUT2D eigenvalue weighted by molar-refractivity contribution is 14.1. The Labute approximate surface area is 110 Å². The molecule has 1 aliphatic rings. The fourth-order valence-electron chi connectivity index (χ4n) is 1.72. The molecule has 0 bridgehead atoms. The molecule has 0 radical (unpaired) electrons. The van der Waals surface area contributed by atoms with Crippen LogP contribution in [0.15, 0.2) is 11.0 Å². The SMILES string of the molecule is Nc1nc(=O)n([C@H]2CC[C@@H](C(O)F)O2)cc1I. The highest BCUT2D eigenvalue weighted by Gasteiger charge is 2.32. The molecule has 0 aromatic carbocycles. The van der Waals surface area contributed by atoms with Gasteiger partial charge in [0, 0.05) is 6.20 Å². The maximum atomic E-state index is 12.6. The van der Waals surface area contributed by atoms with Gasteiger partial charge in [-0.3, -0.25) is 4.57 Å². The van der Waals surface area contributed by atoms with Crippen molar-refractivity contribution in [1.29, 1.82) is 0 Å². The van der Waals surface area contributed by atoms with E-state index in [4.69, 9.17) is 15.6 Å². The van der Waals surface area contributed by atoms with Gasteiger partial charge in [-0.1, -0.05) is 0 Å². The molecule has 1 aliphatic heterocycles. The lowest BCUT2D eigenvalue weighted by Gasteiger charge is -2.16. The summed E-state index contributed by atoms with van der Waals surface area (Å²) >= 11 is 1.95. The number of rotatable bonds is 2. The minimum Gasteiger partial charge on any atom is -0.383 e. The van der Waals surface area contributed by atoms with E-state index in [1.807, 2.05) is 22.6 Å². The van der Waals surface area contributed by atoms with Gasteiger partial charge in [-0.2, -0.15) is 4.98 Å². The monoisotopic (exact) mass is 355 g/mol. The van der Waals surface area contributed by atoms with Gasteiger partial charge >= 0.3 is 5.69 Å². The normalized spacial score (nSPS) is 26.1. The van der Waals surface area contributed by atoms with Crippen molar-refractivity contribution < 1.29 is 14.2 Å². The second-order valence-electron chi connectivity index (χ2n) is 3.74. The van der Waals surface area contributed by atoms with Crippen LogP contribution < -0.4 is 11.4 Å². The third-order valence-electron chi connectivity index (χ3n) is 2.58. The number of aliphatic hydroxyl groups is 1. The Kier molecular flexibility index (Phi) is 3.64. The van der Waals surface area contributed by atoms with Crippen molar-refractivity contribution in [3.05, 3.63) is 20.3 Å². The van der Waals surface area contributed by atoms with Crippen molar-refractivity contribution in [2.75, 3.05) is 5.73 Å². The van der Waals surface area contributed by atoms with E-state index < -0.39 is 24.4 Å². The number of nitrogens with zero attached hydrogens (tertiary/aromatic N) is 2. The second-order valence-corrected chi connectivity index (χ2v) is 4.91. The summed E-state index contributed by atoms with van der Waals surface area (Å²) in [6, 6.07) is 0. The number of aliphatic hydroxyl groups excluding tert-OH is 1. The van der Waals surface area contributed by atoms with Crippen LogP contribution in [0.1, 0.15) is 19.1 Å². The Morgan fingerprint density at radius 2 is 2.41 bits per heavy atom.